The Morgan fingerprint density at radius 2 is 1.82 bits per heavy atom. The number of carbonyl (C=O) groups is 1. The second-order valence-corrected chi connectivity index (χ2v) is 4.38. The average Bonchev–Trinajstić information content (AvgIpc) is 2.30. The van der Waals surface area contributed by atoms with Crippen molar-refractivity contribution in [3.63, 3.8) is 0 Å². The van der Waals surface area contributed by atoms with Crippen molar-refractivity contribution in [2.45, 2.75) is 58.3 Å². The maximum atomic E-state index is 10.2. The summed E-state index contributed by atoms with van der Waals surface area (Å²) in [7, 11) is 0. The number of nitrogens with one attached hydrogen (secondary N) is 1. The second kappa shape index (κ2) is 13.2. The van der Waals surface area contributed by atoms with Crippen LogP contribution >= 0.6 is 0 Å². The van der Waals surface area contributed by atoms with Gasteiger partial charge in [-0.05, 0) is 12.8 Å². The number of hydrogen-bond acceptors (Lipinski definition) is 2. The number of allylic oxidation sites excluding steroid dienone is 1. The Kier molecular flexibility index (Phi) is 12.6. The van der Waals surface area contributed by atoms with Crippen LogP contribution in [0.2, 0.25) is 0 Å². The molecule has 0 heterocycles. The summed E-state index contributed by atoms with van der Waals surface area (Å²) < 4.78 is 0. The zero-order chi connectivity index (χ0) is 12.8. The largest absolute Gasteiger partial charge is 0.481 e. The first-order valence-corrected chi connectivity index (χ1v) is 6.85. The van der Waals surface area contributed by atoms with Crippen LogP contribution in [0.5, 0.6) is 0 Å². The van der Waals surface area contributed by atoms with Crippen LogP contribution in [0.1, 0.15) is 58.3 Å². The number of rotatable bonds is 12. The lowest BCUT2D eigenvalue weighted by molar-refractivity contribution is -0.136. The lowest BCUT2D eigenvalue weighted by Gasteiger charge is -1.98. The Hall–Kier alpha value is -0.830. The molecule has 0 unspecified atom stereocenters. The molecule has 3 heteroatoms. The molecule has 2 N–H and O–H groups in total. The first-order chi connectivity index (χ1) is 8.27. The number of carboxylic acid groups (broad SMARTS) is 1. The smallest absolute Gasteiger partial charge is 0.304 e. The zero-order valence-electron chi connectivity index (χ0n) is 11.1. The third-order valence-electron chi connectivity index (χ3n) is 2.67. The highest BCUT2D eigenvalue weighted by Gasteiger charge is 1.93. The highest BCUT2D eigenvalue weighted by molar-refractivity contribution is 5.66. The van der Waals surface area contributed by atoms with Crippen LogP contribution in [0.3, 0.4) is 0 Å². The Morgan fingerprint density at radius 1 is 1.12 bits per heavy atom. The van der Waals surface area contributed by atoms with Gasteiger partial charge < -0.3 is 10.4 Å². The van der Waals surface area contributed by atoms with E-state index in [2.05, 4.69) is 24.4 Å². The molecule has 17 heavy (non-hydrogen) atoms. The van der Waals surface area contributed by atoms with Crippen LogP contribution < -0.4 is 5.32 Å². The number of aliphatic carboxylic acids is 1. The Morgan fingerprint density at radius 3 is 2.53 bits per heavy atom. The van der Waals surface area contributed by atoms with Gasteiger partial charge in [-0.3, -0.25) is 4.79 Å². The SMILES string of the molecule is CCCCCCCCC=CCNCCC(=O)O. The van der Waals surface area contributed by atoms with Gasteiger partial charge in [0.15, 0.2) is 0 Å². The highest BCUT2D eigenvalue weighted by Crippen LogP contribution is 2.06. The van der Waals surface area contributed by atoms with Gasteiger partial charge in [-0.25, -0.2) is 0 Å². The van der Waals surface area contributed by atoms with E-state index in [0.29, 0.717) is 6.54 Å². The Balaban J connectivity index is 3.07. The molecule has 0 aromatic carbocycles. The van der Waals surface area contributed by atoms with Crippen molar-refractivity contribution < 1.29 is 9.90 Å². The fourth-order valence-electron chi connectivity index (χ4n) is 1.62. The molecular weight excluding hydrogens is 214 g/mol. The van der Waals surface area contributed by atoms with Crippen molar-refractivity contribution in [2.24, 2.45) is 0 Å². The summed E-state index contributed by atoms with van der Waals surface area (Å²) in [5, 5.41) is 11.5. The summed E-state index contributed by atoms with van der Waals surface area (Å²) in [6.45, 7) is 3.57. The third-order valence-corrected chi connectivity index (χ3v) is 2.67. The van der Waals surface area contributed by atoms with Crippen molar-refractivity contribution in [1.29, 1.82) is 0 Å². The molecule has 3 nitrogen and oxygen atoms in total. The first kappa shape index (κ1) is 16.2. The minimum Gasteiger partial charge on any atom is -0.481 e. The monoisotopic (exact) mass is 241 g/mol. The molecule has 0 rings (SSSR count). The molecule has 0 amide bonds. The van der Waals surface area contributed by atoms with E-state index in [1.54, 1.807) is 0 Å². The minimum atomic E-state index is -0.742. The number of carboxylic acids is 1. The molecule has 0 aromatic rings. The molecule has 0 aromatic heterocycles. The van der Waals surface area contributed by atoms with E-state index in [1.165, 1.54) is 38.5 Å². The van der Waals surface area contributed by atoms with Gasteiger partial charge in [0.05, 0.1) is 6.42 Å². The summed E-state index contributed by atoms with van der Waals surface area (Å²) in [5.74, 6) is -0.742. The molecule has 0 aliphatic rings. The Labute approximate surface area is 105 Å². The predicted octanol–water partition coefficient (Wildman–Crippen LogP) is 3.36. The molecule has 0 saturated heterocycles. The van der Waals surface area contributed by atoms with Crippen LogP contribution in [0.4, 0.5) is 0 Å². The van der Waals surface area contributed by atoms with Crippen LogP contribution in [-0.4, -0.2) is 24.2 Å². The standard InChI is InChI=1S/C14H27NO2/c1-2-3-4-5-6-7-8-9-10-12-15-13-11-14(16)17/h9-10,15H,2-8,11-13H2,1H3,(H,16,17). The molecule has 0 fully saturated rings. The molecule has 0 spiro atoms. The highest BCUT2D eigenvalue weighted by atomic mass is 16.4. The van der Waals surface area contributed by atoms with Crippen molar-refractivity contribution in [3.8, 4) is 0 Å². The van der Waals surface area contributed by atoms with Gasteiger partial charge in [0.25, 0.3) is 0 Å². The van der Waals surface area contributed by atoms with Crippen LogP contribution in [0.15, 0.2) is 12.2 Å². The molecule has 0 bridgehead atoms. The fourth-order valence-corrected chi connectivity index (χ4v) is 1.62. The minimum absolute atomic E-state index is 0.200. The van der Waals surface area contributed by atoms with Crippen LogP contribution in [0, 0.1) is 0 Å². The summed E-state index contributed by atoms with van der Waals surface area (Å²) >= 11 is 0. The molecule has 0 saturated carbocycles. The van der Waals surface area contributed by atoms with Crippen LogP contribution in [0.25, 0.3) is 0 Å². The number of hydrogen-bond donors (Lipinski definition) is 2. The van der Waals surface area contributed by atoms with Gasteiger partial charge in [0.1, 0.15) is 0 Å². The van der Waals surface area contributed by atoms with E-state index in [4.69, 9.17) is 5.11 Å². The van der Waals surface area contributed by atoms with Crippen molar-refractivity contribution >= 4 is 5.97 Å². The Bertz CT molecular complexity index is 202. The lowest BCUT2D eigenvalue weighted by Crippen LogP contribution is -2.17. The second-order valence-electron chi connectivity index (χ2n) is 4.38. The van der Waals surface area contributed by atoms with E-state index in [1.807, 2.05) is 0 Å². The average molecular weight is 241 g/mol. The zero-order valence-corrected chi connectivity index (χ0v) is 11.1. The maximum Gasteiger partial charge on any atom is 0.304 e. The van der Waals surface area contributed by atoms with Gasteiger partial charge in [0, 0.05) is 13.1 Å². The van der Waals surface area contributed by atoms with Gasteiger partial charge in [-0.15, -0.1) is 0 Å². The summed E-state index contributed by atoms with van der Waals surface area (Å²) in [5.41, 5.74) is 0. The van der Waals surface area contributed by atoms with Gasteiger partial charge in [-0.2, -0.15) is 0 Å². The summed E-state index contributed by atoms with van der Waals surface area (Å²) in [6.07, 6.45) is 13.6. The van der Waals surface area contributed by atoms with E-state index in [-0.39, 0.29) is 6.42 Å². The van der Waals surface area contributed by atoms with Gasteiger partial charge in [0.2, 0.25) is 0 Å². The lowest BCUT2D eigenvalue weighted by atomic mass is 10.1. The summed E-state index contributed by atoms with van der Waals surface area (Å²) in [4.78, 5) is 10.2. The van der Waals surface area contributed by atoms with Gasteiger partial charge in [-0.1, -0.05) is 51.2 Å². The molecular formula is C14H27NO2. The normalized spacial score (nSPS) is 11.1. The third kappa shape index (κ3) is 15.2. The first-order valence-electron chi connectivity index (χ1n) is 6.85. The molecule has 100 valence electrons. The fraction of sp³-hybridized carbons (Fsp3) is 0.786. The van der Waals surface area contributed by atoms with E-state index >= 15 is 0 Å². The molecule has 0 atom stereocenters. The van der Waals surface area contributed by atoms with Crippen molar-refractivity contribution in [2.75, 3.05) is 13.1 Å². The van der Waals surface area contributed by atoms with E-state index in [9.17, 15) is 4.79 Å². The molecule has 0 aliphatic carbocycles. The van der Waals surface area contributed by atoms with Crippen molar-refractivity contribution in [3.05, 3.63) is 12.2 Å². The van der Waals surface area contributed by atoms with E-state index < -0.39 is 5.97 Å². The van der Waals surface area contributed by atoms with Crippen molar-refractivity contribution in [1.82, 2.24) is 5.32 Å². The molecule has 0 radical (unpaired) electrons. The van der Waals surface area contributed by atoms with E-state index in [0.717, 1.165) is 13.0 Å². The predicted molar refractivity (Wildman–Crippen MR) is 72.3 cm³/mol. The maximum absolute atomic E-state index is 10.2. The topological polar surface area (TPSA) is 49.3 Å². The molecule has 0 aliphatic heterocycles. The van der Waals surface area contributed by atoms with Gasteiger partial charge >= 0.3 is 5.97 Å². The summed E-state index contributed by atoms with van der Waals surface area (Å²) in [6, 6.07) is 0. The number of unbranched alkanes of at least 4 members (excludes halogenated alkanes) is 6. The van der Waals surface area contributed by atoms with Crippen LogP contribution in [-0.2, 0) is 4.79 Å². The quantitative estimate of drug-likeness (QED) is 0.407.